The van der Waals surface area contributed by atoms with E-state index in [2.05, 4.69) is 16.0 Å². The highest BCUT2D eigenvalue weighted by Crippen LogP contribution is 2.39. The van der Waals surface area contributed by atoms with Crippen molar-refractivity contribution in [3.8, 4) is 17.2 Å². The molecule has 0 fully saturated rings. The van der Waals surface area contributed by atoms with Crippen molar-refractivity contribution in [3.63, 3.8) is 0 Å². The number of rotatable bonds is 12. The third kappa shape index (κ3) is 8.75. The monoisotopic (exact) mass is 679 g/mol. The van der Waals surface area contributed by atoms with E-state index in [4.69, 9.17) is 37.4 Å². The normalized spacial score (nSPS) is 11.7. The summed E-state index contributed by atoms with van der Waals surface area (Å²) in [4.78, 5) is 40.1. The van der Waals surface area contributed by atoms with Gasteiger partial charge in [-0.1, -0.05) is 47.5 Å². The van der Waals surface area contributed by atoms with Gasteiger partial charge in [0.1, 0.15) is 5.70 Å². The van der Waals surface area contributed by atoms with Crippen LogP contribution in [0.15, 0.2) is 95.5 Å². The third-order valence-corrected chi connectivity index (χ3v) is 8.46. The maximum absolute atomic E-state index is 13.5. The number of hydrogen-bond acceptors (Lipinski definition) is 7. The highest BCUT2D eigenvalue weighted by molar-refractivity contribution is 8.00. The van der Waals surface area contributed by atoms with Crippen molar-refractivity contribution in [1.82, 2.24) is 5.32 Å². The molecular weight excluding hydrogens is 649 g/mol. The van der Waals surface area contributed by atoms with Crippen LogP contribution in [0.5, 0.6) is 17.2 Å². The minimum atomic E-state index is -0.565. The van der Waals surface area contributed by atoms with Gasteiger partial charge < -0.3 is 30.2 Å². The van der Waals surface area contributed by atoms with Crippen molar-refractivity contribution in [2.75, 3.05) is 32.0 Å². The Morgan fingerprint density at radius 2 is 1.46 bits per heavy atom. The quantitative estimate of drug-likeness (QED) is 0.105. The van der Waals surface area contributed by atoms with Crippen LogP contribution in [0.1, 0.15) is 22.8 Å². The van der Waals surface area contributed by atoms with Crippen LogP contribution in [0.2, 0.25) is 10.0 Å². The maximum Gasteiger partial charge on any atom is 0.272 e. The van der Waals surface area contributed by atoms with E-state index in [-0.39, 0.29) is 16.6 Å². The zero-order valence-electron chi connectivity index (χ0n) is 25.4. The topological polar surface area (TPSA) is 115 Å². The summed E-state index contributed by atoms with van der Waals surface area (Å²) in [5.41, 5.74) is 1.78. The molecule has 0 radical (unpaired) electrons. The second-order valence-electron chi connectivity index (χ2n) is 9.67. The van der Waals surface area contributed by atoms with Crippen molar-refractivity contribution < 1.29 is 28.6 Å². The van der Waals surface area contributed by atoms with E-state index in [0.29, 0.717) is 44.8 Å². The van der Waals surface area contributed by atoms with Gasteiger partial charge in [-0.3, -0.25) is 14.4 Å². The average Bonchev–Trinajstić information content (AvgIpc) is 3.07. The van der Waals surface area contributed by atoms with Gasteiger partial charge in [0.15, 0.2) is 11.5 Å². The van der Waals surface area contributed by atoms with E-state index in [1.807, 2.05) is 0 Å². The Hall–Kier alpha value is -4.64. The molecule has 0 aliphatic rings. The molecular formula is C34H31Cl2N3O6S. The molecule has 3 N–H and O–H groups in total. The number of anilines is 2. The summed E-state index contributed by atoms with van der Waals surface area (Å²) in [5, 5.41) is 8.48. The Balaban J connectivity index is 1.52. The van der Waals surface area contributed by atoms with Crippen LogP contribution in [-0.2, 0) is 9.59 Å². The van der Waals surface area contributed by atoms with E-state index in [1.165, 1.54) is 39.2 Å². The van der Waals surface area contributed by atoms with Crippen LogP contribution in [0, 0.1) is 0 Å². The molecule has 1 atom stereocenters. The van der Waals surface area contributed by atoms with Gasteiger partial charge in [0, 0.05) is 16.1 Å². The van der Waals surface area contributed by atoms with Crippen LogP contribution < -0.4 is 30.2 Å². The standard InChI is InChI=1S/C34H31Cl2N3O6S/c1-20(32(40)38-26-12-8-11-25(35)30(26)36)46-24-15-13-23(14-16-24)37-34(42)27(39-33(41)22-9-6-5-7-10-22)17-21-18-28(43-2)31(45-4)29(19-21)44-3/h5-20H,1-4H3,(H,37,42)(H,38,40)(H,39,41)/b27-17-. The predicted octanol–water partition coefficient (Wildman–Crippen LogP) is 7.55. The van der Waals surface area contributed by atoms with Gasteiger partial charge in [0.2, 0.25) is 11.7 Å². The second kappa shape index (κ2) is 16.1. The summed E-state index contributed by atoms with van der Waals surface area (Å²) in [6.07, 6.45) is 1.51. The van der Waals surface area contributed by atoms with Gasteiger partial charge in [0.05, 0.1) is 42.3 Å². The molecule has 4 aromatic carbocycles. The fourth-order valence-corrected chi connectivity index (χ4v) is 5.42. The SMILES string of the molecule is COc1cc(/C=C(\NC(=O)c2ccccc2)C(=O)Nc2ccc(SC(C)C(=O)Nc3cccc(Cl)c3Cl)cc2)cc(OC)c1OC. The Bertz CT molecular complexity index is 1730. The lowest BCUT2D eigenvalue weighted by molar-refractivity contribution is -0.115. The first-order valence-electron chi connectivity index (χ1n) is 13.8. The Kier molecular flexibility index (Phi) is 12.0. The molecule has 0 heterocycles. The first kappa shape index (κ1) is 34.2. The summed E-state index contributed by atoms with van der Waals surface area (Å²) < 4.78 is 16.3. The van der Waals surface area contributed by atoms with Crippen molar-refractivity contribution >= 4 is 70.1 Å². The van der Waals surface area contributed by atoms with Crippen LogP contribution in [-0.4, -0.2) is 44.3 Å². The lowest BCUT2D eigenvalue weighted by Crippen LogP contribution is -2.30. The number of nitrogens with one attached hydrogen (secondary N) is 3. The molecule has 0 aromatic heterocycles. The second-order valence-corrected chi connectivity index (χ2v) is 11.9. The molecule has 3 amide bonds. The zero-order valence-corrected chi connectivity index (χ0v) is 27.7. The van der Waals surface area contributed by atoms with Gasteiger partial charge in [-0.15, -0.1) is 11.8 Å². The number of carbonyl (C=O) groups is 3. The molecule has 0 aliphatic heterocycles. The molecule has 4 rings (SSSR count). The van der Waals surface area contributed by atoms with Gasteiger partial charge in [0.25, 0.3) is 11.8 Å². The average molecular weight is 681 g/mol. The zero-order chi connectivity index (χ0) is 33.2. The Morgan fingerprint density at radius 3 is 2.07 bits per heavy atom. The minimum absolute atomic E-state index is 0.0217. The molecule has 46 heavy (non-hydrogen) atoms. The van der Waals surface area contributed by atoms with Gasteiger partial charge >= 0.3 is 0 Å². The number of halogens is 2. The van der Waals surface area contributed by atoms with Gasteiger partial charge in [-0.2, -0.15) is 0 Å². The molecule has 0 aliphatic carbocycles. The van der Waals surface area contributed by atoms with Crippen LogP contribution in [0.3, 0.4) is 0 Å². The Morgan fingerprint density at radius 1 is 0.804 bits per heavy atom. The predicted molar refractivity (Wildman–Crippen MR) is 183 cm³/mol. The highest BCUT2D eigenvalue weighted by atomic mass is 35.5. The first-order chi connectivity index (χ1) is 22.1. The van der Waals surface area contributed by atoms with Crippen LogP contribution in [0.4, 0.5) is 11.4 Å². The maximum atomic E-state index is 13.5. The molecule has 0 spiro atoms. The lowest BCUT2D eigenvalue weighted by Gasteiger charge is -2.15. The number of methoxy groups -OCH3 is 3. The van der Waals surface area contributed by atoms with E-state index in [1.54, 1.807) is 91.9 Å². The number of hydrogen-bond donors (Lipinski definition) is 3. The van der Waals surface area contributed by atoms with Crippen molar-refractivity contribution in [2.24, 2.45) is 0 Å². The number of amides is 3. The molecule has 0 saturated carbocycles. The van der Waals surface area contributed by atoms with E-state index in [0.717, 1.165) is 4.90 Å². The highest BCUT2D eigenvalue weighted by Gasteiger charge is 2.19. The number of benzene rings is 4. The molecule has 238 valence electrons. The fourth-order valence-electron chi connectivity index (χ4n) is 4.20. The van der Waals surface area contributed by atoms with Crippen molar-refractivity contribution in [1.29, 1.82) is 0 Å². The number of ether oxygens (including phenoxy) is 3. The smallest absolute Gasteiger partial charge is 0.272 e. The largest absolute Gasteiger partial charge is 0.493 e. The van der Waals surface area contributed by atoms with E-state index >= 15 is 0 Å². The first-order valence-corrected chi connectivity index (χ1v) is 15.5. The summed E-state index contributed by atoms with van der Waals surface area (Å²) in [5.74, 6) is -0.123. The molecule has 9 nitrogen and oxygen atoms in total. The summed E-state index contributed by atoms with van der Waals surface area (Å²) in [6, 6.07) is 23.8. The van der Waals surface area contributed by atoms with Crippen LogP contribution in [0.25, 0.3) is 6.08 Å². The molecule has 0 bridgehead atoms. The van der Waals surface area contributed by atoms with E-state index in [9.17, 15) is 14.4 Å². The summed E-state index contributed by atoms with van der Waals surface area (Å²) in [6.45, 7) is 1.77. The summed E-state index contributed by atoms with van der Waals surface area (Å²) >= 11 is 13.6. The van der Waals surface area contributed by atoms with Crippen LogP contribution >= 0.6 is 35.0 Å². The van der Waals surface area contributed by atoms with Crippen molar-refractivity contribution in [2.45, 2.75) is 17.1 Å². The van der Waals surface area contributed by atoms with Crippen molar-refractivity contribution in [3.05, 3.63) is 112 Å². The number of carbonyl (C=O) groups excluding carboxylic acids is 3. The molecule has 1 unspecified atom stereocenters. The van der Waals surface area contributed by atoms with Gasteiger partial charge in [-0.25, -0.2) is 0 Å². The fraction of sp³-hybridized carbons (Fsp3) is 0.147. The summed E-state index contributed by atoms with van der Waals surface area (Å²) in [7, 11) is 4.46. The number of thioether (sulfide) groups is 1. The molecule has 4 aromatic rings. The third-order valence-electron chi connectivity index (χ3n) is 6.53. The molecule has 12 heteroatoms. The Labute approximate surface area is 281 Å². The van der Waals surface area contributed by atoms with E-state index < -0.39 is 17.1 Å². The lowest BCUT2D eigenvalue weighted by atomic mass is 10.1. The minimum Gasteiger partial charge on any atom is -0.493 e. The van der Waals surface area contributed by atoms with Gasteiger partial charge in [-0.05, 0) is 79.2 Å². The molecule has 0 saturated heterocycles.